The molecule has 58 valence electrons. The van der Waals surface area contributed by atoms with Crippen molar-refractivity contribution in [3.8, 4) is 0 Å². The Morgan fingerprint density at radius 1 is 1.50 bits per heavy atom. The zero-order chi connectivity index (χ0) is 7.35. The van der Waals surface area contributed by atoms with Gasteiger partial charge in [0, 0.05) is 18.1 Å². The molecule has 2 aliphatic heterocycles. The molecule has 2 saturated heterocycles. The van der Waals surface area contributed by atoms with Gasteiger partial charge in [-0.15, -0.1) is 0 Å². The van der Waals surface area contributed by atoms with Gasteiger partial charge in [-0.3, -0.25) is 4.90 Å². The molecule has 0 saturated carbocycles. The highest BCUT2D eigenvalue weighted by Crippen LogP contribution is 2.38. The van der Waals surface area contributed by atoms with E-state index in [9.17, 15) is 0 Å². The quantitative estimate of drug-likeness (QED) is 0.528. The summed E-state index contributed by atoms with van der Waals surface area (Å²) in [5.41, 5.74) is 6.34. The summed E-state index contributed by atoms with van der Waals surface area (Å²) in [6.45, 7) is 7.03. The molecular weight excluding hydrogens is 124 g/mol. The number of nitrogens with zero attached hydrogens (tertiary/aromatic N) is 1. The standard InChI is InChI=1S/C8H16N2/c1-8(2)7(9)6-3-4-10(8)5-6/h6-7H,3-5,9H2,1-2H3/t6?,7-/m0/s1. The summed E-state index contributed by atoms with van der Waals surface area (Å²) in [7, 11) is 0. The van der Waals surface area contributed by atoms with Crippen LogP contribution in [0.2, 0.25) is 0 Å². The third-order valence-corrected chi connectivity index (χ3v) is 3.36. The van der Waals surface area contributed by atoms with Gasteiger partial charge in [0.2, 0.25) is 0 Å². The van der Waals surface area contributed by atoms with E-state index in [-0.39, 0.29) is 5.54 Å². The van der Waals surface area contributed by atoms with Crippen LogP contribution in [0, 0.1) is 5.92 Å². The normalized spacial score (nSPS) is 50.1. The molecule has 0 radical (unpaired) electrons. The minimum atomic E-state index is 0.281. The van der Waals surface area contributed by atoms with Crippen LogP contribution in [0.4, 0.5) is 0 Å². The Hall–Kier alpha value is -0.0800. The van der Waals surface area contributed by atoms with Crippen LogP contribution < -0.4 is 5.73 Å². The van der Waals surface area contributed by atoms with Gasteiger partial charge in [0.25, 0.3) is 0 Å². The molecule has 0 aliphatic carbocycles. The highest BCUT2D eigenvalue weighted by atomic mass is 15.3. The average molecular weight is 140 g/mol. The maximum atomic E-state index is 6.06. The zero-order valence-electron chi connectivity index (χ0n) is 6.80. The van der Waals surface area contributed by atoms with Crippen LogP contribution in [-0.4, -0.2) is 29.6 Å². The SMILES string of the molecule is CC1(C)[C@@H](N)C2CCN1C2. The molecule has 0 aromatic heterocycles. The van der Waals surface area contributed by atoms with E-state index in [2.05, 4.69) is 18.7 Å². The molecule has 2 nitrogen and oxygen atoms in total. The summed E-state index contributed by atoms with van der Waals surface area (Å²) >= 11 is 0. The van der Waals surface area contributed by atoms with Gasteiger partial charge in [0.05, 0.1) is 0 Å². The molecule has 0 spiro atoms. The van der Waals surface area contributed by atoms with Crippen molar-refractivity contribution in [2.45, 2.75) is 31.8 Å². The molecule has 3 atom stereocenters. The van der Waals surface area contributed by atoms with Crippen molar-refractivity contribution in [1.29, 1.82) is 0 Å². The van der Waals surface area contributed by atoms with E-state index in [1.807, 2.05) is 0 Å². The highest BCUT2D eigenvalue weighted by Gasteiger charge is 2.49. The fourth-order valence-corrected chi connectivity index (χ4v) is 2.39. The lowest BCUT2D eigenvalue weighted by atomic mass is 9.86. The van der Waals surface area contributed by atoms with Crippen molar-refractivity contribution < 1.29 is 0 Å². The maximum absolute atomic E-state index is 6.06. The molecule has 2 aliphatic rings. The monoisotopic (exact) mass is 140 g/mol. The van der Waals surface area contributed by atoms with Gasteiger partial charge in [0.1, 0.15) is 0 Å². The van der Waals surface area contributed by atoms with E-state index < -0.39 is 0 Å². The predicted octanol–water partition coefficient (Wildman–Crippen LogP) is 0.428. The summed E-state index contributed by atoms with van der Waals surface area (Å²) in [6.07, 6.45) is 1.32. The molecule has 2 unspecified atom stereocenters. The van der Waals surface area contributed by atoms with Gasteiger partial charge in [0.15, 0.2) is 0 Å². The maximum Gasteiger partial charge on any atom is 0.0307 e. The van der Waals surface area contributed by atoms with E-state index in [0.29, 0.717) is 6.04 Å². The zero-order valence-corrected chi connectivity index (χ0v) is 6.80. The van der Waals surface area contributed by atoms with Gasteiger partial charge in [-0.2, -0.15) is 0 Å². The second kappa shape index (κ2) is 1.74. The smallest absolute Gasteiger partial charge is 0.0307 e. The van der Waals surface area contributed by atoms with Gasteiger partial charge in [-0.05, 0) is 32.7 Å². The van der Waals surface area contributed by atoms with Crippen LogP contribution in [-0.2, 0) is 0 Å². The summed E-state index contributed by atoms with van der Waals surface area (Å²) in [5.74, 6) is 0.787. The number of fused-ring (bicyclic) bond motifs is 2. The van der Waals surface area contributed by atoms with E-state index >= 15 is 0 Å². The number of nitrogens with two attached hydrogens (primary N) is 1. The van der Waals surface area contributed by atoms with Crippen molar-refractivity contribution in [2.75, 3.05) is 13.1 Å². The third kappa shape index (κ3) is 0.611. The summed E-state index contributed by atoms with van der Waals surface area (Å²) in [6, 6.07) is 0.418. The van der Waals surface area contributed by atoms with E-state index in [1.54, 1.807) is 0 Å². The van der Waals surface area contributed by atoms with Crippen molar-refractivity contribution in [2.24, 2.45) is 11.7 Å². The lowest BCUT2D eigenvalue weighted by Gasteiger charge is -2.37. The Bertz CT molecular complexity index is 149. The molecule has 2 rings (SSSR count). The Morgan fingerprint density at radius 2 is 2.20 bits per heavy atom. The Kier molecular flexibility index (Phi) is 1.15. The van der Waals surface area contributed by atoms with Crippen molar-refractivity contribution in [3.63, 3.8) is 0 Å². The minimum Gasteiger partial charge on any atom is -0.326 e. The number of rotatable bonds is 0. The summed E-state index contributed by atoms with van der Waals surface area (Å²) in [5, 5.41) is 0. The molecular formula is C8H16N2. The van der Waals surface area contributed by atoms with Gasteiger partial charge >= 0.3 is 0 Å². The fourth-order valence-electron chi connectivity index (χ4n) is 2.39. The first-order chi connectivity index (χ1) is 4.62. The van der Waals surface area contributed by atoms with Gasteiger partial charge in [-0.25, -0.2) is 0 Å². The Balaban J connectivity index is 2.25. The largest absolute Gasteiger partial charge is 0.326 e. The van der Waals surface area contributed by atoms with Crippen LogP contribution >= 0.6 is 0 Å². The van der Waals surface area contributed by atoms with Crippen LogP contribution in [0.25, 0.3) is 0 Å². The molecule has 2 N–H and O–H groups in total. The molecule has 0 aromatic carbocycles. The molecule has 10 heavy (non-hydrogen) atoms. The topological polar surface area (TPSA) is 29.3 Å². The second-order valence-electron chi connectivity index (χ2n) is 4.17. The summed E-state index contributed by atoms with van der Waals surface area (Å²) in [4.78, 5) is 2.52. The van der Waals surface area contributed by atoms with Crippen LogP contribution in [0.15, 0.2) is 0 Å². The number of hydrogen-bond acceptors (Lipinski definition) is 2. The molecule has 0 amide bonds. The van der Waals surface area contributed by atoms with Crippen LogP contribution in [0.1, 0.15) is 20.3 Å². The minimum absolute atomic E-state index is 0.281. The van der Waals surface area contributed by atoms with E-state index in [1.165, 1.54) is 19.5 Å². The lowest BCUT2D eigenvalue weighted by Crippen LogP contribution is -2.52. The highest BCUT2D eigenvalue weighted by molar-refractivity contribution is 5.07. The fraction of sp³-hybridized carbons (Fsp3) is 1.00. The first-order valence-corrected chi connectivity index (χ1v) is 4.13. The van der Waals surface area contributed by atoms with Gasteiger partial charge in [-0.1, -0.05) is 0 Å². The van der Waals surface area contributed by atoms with Gasteiger partial charge < -0.3 is 5.73 Å². The van der Waals surface area contributed by atoms with Crippen LogP contribution in [0.5, 0.6) is 0 Å². The Morgan fingerprint density at radius 3 is 2.50 bits per heavy atom. The molecule has 2 heterocycles. The van der Waals surface area contributed by atoms with Crippen LogP contribution in [0.3, 0.4) is 0 Å². The first-order valence-electron chi connectivity index (χ1n) is 4.13. The average Bonchev–Trinajstić information content (AvgIpc) is 2.37. The first kappa shape index (κ1) is 6.62. The number of hydrogen-bond donors (Lipinski definition) is 1. The van der Waals surface area contributed by atoms with Crippen molar-refractivity contribution in [1.82, 2.24) is 4.90 Å². The van der Waals surface area contributed by atoms with Crippen molar-refractivity contribution >= 4 is 0 Å². The van der Waals surface area contributed by atoms with Crippen molar-refractivity contribution in [3.05, 3.63) is 0 Å². The molecule has 2 bridgehead atoms. The number of piperidine rings is 1. The predicted molar refractivity (Wildman–Crippen MR) is 41.7 cm³/mol. The molecule has 0 aromatic rings. The molecule has 2 heteroatoms. The lowest BCUT2D eigenvalue weighted by molar-refractivity contribution is 0.152. The third-order valence-electron chi connectivity index (χ3n) is 3.36. The molecule has 2 fully saturated rings. The summed E-state index contributed by atoms with van der Waals surface area (Å²) < 4.78 is 0. The second-order valence-corrected chi connectivity index (χ2v) is 4.17. The van der Waals surface area contributed by atoms with E-state index in [0.717, 1.165) is 5.92 Å². The Labute approximate surface area is 62.4 Å². The van der Waals surface area contributed by atoms with E-state index in [4.69, 9.17) is 5.73 Å².